The average molecular weight is 300 g/mol. The van der Waals surface area contributed by atoms with Crippen LogP contribution in [-0.4, -0.2) is 16.7 Å². The number of fused-ring (bicyclic) bond motifs is 1. The van der Waals surface area contributed by atoms with Crippen LogP contribution in [0, 0.1) is 5.92 Å². The Labute approximate surface area is 132 Å². The molecule has 1 aliphatic carbocycles. The molecule has 2 rings (SSSR count). The van der Waals surface area contributed by atoms with Crippen LogP contribution in [0.1, 0.15) is 68.3 Å². The van der Waals surface area contributed by atoms with Gasteiger partial charge in [0.05, 0.1) is 0 Å². The summed E-state index contributed by atoms with van der Waals surface area (Å²) < 4.78 is 0. The standard InChI is InChI=1S/C19H24O3/c1-3-4-5-6-9-13(2)12-16-17(20)14-10-7-8-11-15(14)18(21)19(16)22/h7-8,10-11,13,20H,3-6,9,12H2,1-2H3/t13-/m1/s1. The fraction of sp³-hybridized carbons (Fsp3) is 0.474. The summed E-state index contributed by atoms with van der Waals surface area (Å²) in [5.74, 6) is -0.769. The second-order valence-corrected chi connectivity index (χ2v) is 6.19. The quantitative estimate of drug-likeness (QED) is 0.585. The topological polar surface area (TPSA) is 54.4 Å². The van der Waals surface area contributed by atoms with E-state index in [1.807, 2.05) is 0 Å². The van der Waals surface area contributed by atoms with Crippen LogP contribution in [0.25, 0.3) is 5.76 Å². The molecule has 1 aliphatic rings. The lowest BCUT2D eigenvalue weighted by atomic mass is 9.83. The van der Waals surface area contributed by atoms with E-state index < -0.39 is 11.6 Å². The SMILES string of the molecule is CCCCCC[C@@H](C)CC1=C(O)c2ccccc2C(=O)C1=O. The number of rotatable bonds is 7. The van der Waals surface area contributed by atoms with Crippen molar-refractivity contribution >= 4 is 17.3 Å². The van der Waals surface area contributed by atoms with E-state index in [4.69, 9.17) is 0 Å². The highest BCUT2D eigenvalue weighted by atomic mass is 16.3. The molecular weight excluding hydrogens is 276 g/mol. The summed E-state index contributed by atoms with van der Waals surface area (Å²) >= 11 is 0. The summed E-state index contributed by atoms with van der Waals surface area (Å²) in [6.45, 7) is 4.25. The van der Waals surface area contributed by atoms with Crippen LogP contribution in [0.4, 0.5) is 0 Å². The normalized spacial score (nSPS) is 15.9. The Morgan fingerprint density at radius 1 is 1.00 bits per heavy atom. The number of aliphatic hydroxyl groups excluding tert-OH is 1. The van der Waals surface area contributed by atoms with Crippen molar-refractivity contribution in [2.75, 3.05) is 0 Å². The van der Waals surface area contributed by atoms with Crippen molar-refractivity contribution in [3.8, 4) is 0 Å². The van der Waals surface area contributed by atoms with Gasteiger partial charge in [-0.25, -0.2) is 0 Å². The van der Waals surface area contributed by atoms with Gasteiger partial charge in [0.25, 0.3) is 0 Å². The number of hydrogen-bond donors (Lipinski definition) is 1. The van der Waals surface area contributed by atoms with Crippen molar-refractivity contribution in [1.29, 1.82) is 0 Å². The fourth-order valence-electron chi connectivity index (χ4n) is 2.98. The lowest BCUT2D eigenvalue weighted by molar-refractivity contribution is -0.112. The van der Waals surface area contributed by atoms with Gasteiger partial charge in [0.15, 0.2) is 0 Å². The first-order valence-electron chi connectivity index (χ1n) is 8.16. The predicted molar refractivity (Wildman–Crippen MR) is 87.9 cm³/mol. The van der Waals surface area contributed by atoms with Gasteiger partial charge in [0.1, 0.15) is 5.76 Å². The third kappa shape index (κ3) is 3.46. The minimum absolute atomic E-state index is 0.0133. The lowest BCUT2D eigenvalue weighted by Gasteiger charge is -2.20. The van der Waals surface area contributed by atoms with Crippen molar-refractivity contribution in [3.63, 3.8) is 0 Å². The third-order valence-electron chi connectivity index (χ3n) is 4.30. The molecule has 1 aromatic rings. The van der Waals surface area contributed by atoms with Gasteiger partial charge in [-0.05, 0) is 12.3 Å². The average Bonchev–Trinajstić information content (AvgIpc) is 2.53. The fourth-order valence-corrected chi connectivity index (χ4v) is 2.98. The molecule has 0 amide bonds. The molecular formula is C19H24O3. The molecule has 0 spiro atoms. The van der Waals surface area contributed by atoms with Gasteiger partial charge >= 0.3 is 0 Å². The number of allylic oxidation sites excluding steroid dienone is 1. The zero-order chi connectivity index (χ0) is 16.1. The minimum Gasteiger partial charge on any atom is -0.507 e. The van der Waals surface area contributed by atoms with Crippen molar-refractivity contribution in [2.24, 2.45) is 5.92 Å². The van der Waals surface area contributed by atoms with Gasteiger partial charge in [0.2, 0.25) is 11.6 Å². The number of Topliss-reactive ketones (excluding diaryl/α,β-unsaturated/α-hetero) is 2. The highest BCUT2D eigenvalue weighted by Crippen LogP contribution is 2.31. The van der Waals surface area contributed by atoms with Crippen molar-refractivity contribution < 1.29 is 14.7 Å². The molecule has 0 fully saturated rings. The molecule has 0 aliphatic heterocycles. The van der Waals surface area contributed by atoms with Crippen LogP contribution in [0.3, 0.4) is 0 Å². The Bertz CT molecular complexity index is 598. The first-order chi connectivity index (χ1) is 10.6. The Balaban J connectivity index is 2.12. The van der Waals surface area contributed by atoms with E-state index in [2.05, 4.69) is 13.8 Å². The van der Waals surface area contributed by atoms with Crippen molar-refractivity contribution in [1.82, 2.24) is 0 Å². The molecule has 0 saturated heterocycles. The van der Waals surface area contributed by atoms with Gasteiger partial charge in [-0.2, -0.15) is 0 Å². The maximum atomic E-state index is 12.2. The molecule has 1 atom stereocenters. The predicted octanol–water partition coefficient (Wildman–Crippen LogP) is 4.72. The largest absolute Gasteiger partial charge is 0.507 e. The van der Waals surface area contributed by atoms with E-state index >= 15 is 0 Å². The van der Waals surface area contributed by atoms with E-state index in [0.29, 0.717) is 17.5 Å². The zero-order valence-corrected chi connectivity index (χ0v) is 13.4. The smallest absolute Gasteiger partial charge is 0.234 e. The van der Waals surface area contributed by atoms with Crippen molar-refractivity contribution in [3.05, 3.63) is 41.0 Å². The van der Waals surface area contributed by atoms with Gasteiger partial charge in [-0.15, -0.1) is 0 Å². The van der Waals surface area contributed by atoms with E-state index in [1.54, 1.807) is 24.3 Å². The summed E-state index contributed by atoms with van der Waals surface area (Å²) in [4.78, 5) is 24.4. The minimum atomic E-state index is -0.545. The van der Waals surface area contributed by atoms with Gasteiger partial charge in [-0.3, -0.25) is 9.59 Å². The Hall–Kier alpha value is -1.90. The number of carbonyl (C=O) groups excluding carboxylic acids is 2. The third-order valence-corrected chi connectivity index (χ3v) is 4.30. The number of ketones is 2. The molecule has 0 radical (unpaired) electrons. The molecule has 3 heteroatoms. The Morgan fingerprint density at radius 2 is 1.68 bits per heavy atom. The summed E-state index contributed by atoms with van der Waals surface area (Å²) in [7, 11) is 0. The molecule has 1 aromatic carbocycles. The molecule has 118 valence electrons. The number of hydrogen-bond acceptors (Lipinski definition) is 3. The van der Waals surface area contributed by atoms with Gasteiger partial charge in [-0.1, -0.05) is 70.2 Å². The molecule has 0 heterocycles. The van der Waals surface area contributed by atoms with E-state index in [0.717, 1.165) is 12.8 Å². The second kappa shape index (κ2) is 7.39. The highest BCUT2D eigenvalue weighted by Gasteiger charge is 2.32. The first-order valence-corrected chi connectivity index (χ1v) is 8.16. The zero-order valence-electron chi connectivity index (χ0n) is 13.4. The monoisotopic (exact) mass is 300 g/mol. The maximum absolute atomic E-state index is 12.2. The summed E-state index contributed by atoms with van der Waals surface area (Å²) in [6.07, 6.45) is 6.23. The summed E-state index contributed by atoms with van der Waals surface area (Å²) in [5.41, 5.74) is 1.08. The Kier molecular flexibility index (Phi) is 5.53. The van der Waals surface area contributed by atoms with Crippen LogP contribution < -0.4 is 0 Å². The summed E-state index contributed by atoms with van der Waals surface area (Å²) in [6, 6.07) is 6.76. The van der Waals surface area contributed by atoms with Gasteiger partial charge in [0, 0.05) is 16.7 Å². The molecule has 0 saturated carbocycles. The molecule has 0 bridgehead atoms. The number of aliphatic hydroxyl groups is 1. The van der Waals surface area contributed by atoms with Crippen LogP contribution in [-0.2, 0) is 4.79 Å². The molecule has 22 heavy (non-hydrogen) atoms. The first kappa shape index (κ1) is 16.5. The second-order valence-electron chi connectivity index (χ2n) is 6.19. The highest BCUT2D eigenvalue weighted by molar-refractivity contribution is 6.52. The van der Waals surface area contributed by atoms with Crippen LogP contribution in [0.2, 0.25) is 0 Å². The molecule has 3 nitrogen and oxygen atoms in total. The van der Waals surface area contributed by atoms with Crippen molar-refractivity contribution in [2.45, 2.75) is 52.4 Å². The Morgan fingerprint density at radius 3 is 2.36 bits per heavy atom. The number of benzene rings is 1. The molecule has 0 aromatic heterocycles. The number of unbranched alkanes of at least 4 members (excludes halogenated alkanes) is 3. The van der Waals surface area contributed by atoms with E-state index in [-0.39, 0.29) is 17.3 Å². The molecule has 0 unspecified atom stereocenters. The van der Waals surface area contributed by atoms with E-state index in [1.165, 1.54) is 19.3 Å². The van der Waals surface area contributed by atoms with Crippen LogP contribution in [0.5, 0.6) is 0 Å². The van der Waals surface area contributed by atoms with Crippen LogP contribution in [0.15, 0.2) is 29.8 Å². The van der Waals surface area contributed by atoms with Gasteiger partial charge < -0.3 is 5.11 Å². The maximum Gasteiger partial charge on any atom is 0.234 e. The lowest BCUT2D eigenvalue weighted by Crippen LogP contribution is -2.25. The number of carbonyl (C=O) groups is 2. The van der Waals surface area contributed by atoms with Crippen LogP contribution >= 0.6 is 0 Å². The molecule has 1 N–H and O–H groups in total. The summed E-state index contributed by atoms with van der Waals surface area (Å²) in [5, 5.41) is 10.4. The van der Waals surface area contributed by atoms with E-state index in [9.17, 15) is 14.7 Å².